The van der Waals surface area contributed by atoms with Crippen LogP contribution >= 0.6 is 0 Å². The Morgan fingerprint density at radius 3 is 2.15 bits per heavy atom. The van der Waals surface area contributed by atoms with Gasteiger partial charge in [0.1, 0.15) is 5.75 Å². The van der Waals surface area contributed by atoms with Crippen molar-refractivity contribution in [1.82, 2.24) is 5.32 Å². The maximum Gasteiger partial charge on any atom is 0.245 e. The number of nitriles is 3. The minimum atomic E-state index is -1.86. The van der Waals surface area contributed by atoms with Gasteiger partial charge in [-0.3, -0.25) is 4.79 Å². The lowest BCUT2D eigenvalue weighted by molar-refractivity contribution is -0.129. The maximum absolute atomic E-state index is 12.8. The van der Waals surface area contributed by atoms with Gasteiger partial charge in [0.15, 0.2) is 10.8 Å². The average molecular weight is 349 g/mol. The molecule has 2 bridgehead atoms. The molecule has 7 heteroatoms. The molecule has 1 aliphatic heterocycles. The summed E-state index contributed by atoms with van der Waals surface area (Å²) >= 11 is 0. The van der Waals surface area contributed by atoms with E-state index in [1.54, 1.807) is 31.2 Å². The van der Waals surface area contributed by atoms with Crippen LogP contribution < -0.4 is 15.8 Å². The van der Waals surface area contributed by atoms with Crippen LogP contribution in [0.5, 0.6) is 5.75 Å². The zero-order valence-corrected chi connectivity index (χ0v) is 14.8. The Balaban J connectivity index is 2.33. The third-order valence-electron chi connectivity index (χ3n) is 6.40. The number of benzene rings is 1. The number of nitrogens with two attached hydrogens (primary N) is 1. The minimum absolute atomic E-state index is 0.446. The number of rotatable bonds is 2. The van der Waals surface area contributed by atoms with E-state index in [0.717, 1.165) is 0 Å². The molecule has 3 N–H and O–H groups in total. The van der Waals surface area contributed by atoms with E-state index in [9.17, 15) is 20.6 Å². The molecule has 1 saturated carbocycles. The Hall–Kier alpha value is -3.08. The highest BCUT2D eigenvalue weighted by Gasteiger charge is 2.79. The molecule has 0 radical (unpaired) electrons. The van der Waals surface area contributed by atoms with E-state index in [1.807, 2.05) is 25.1 Å². The summed E-state index contributed by atoms with van der Waals surface area (Å²) in [7, 11) is 1.54. The second-order valence-corrected chi connectivity index (χ2v) is 7.10. The van der Waals surface area contributed by atoms with Crippen LogP contribution in [0.3, 0.4) is 0 Å². The van der Waals surface area contributed by atoms with Gasteiger partial charge in [0.25, 0.3) is 0 Å². The summed E-state index contributed by atoms with van der Waals surface area (Å²) in [5.74, 6) is -1.89. The molecule has 5 atom stereocenters. The van der Waals surface area contributed by atoms with Gasteiger partial charge >= 0.3 is 0 Å². The monoisotopic (exact) mass is 349 g/mol. The number of hydrogen-bond donors (Lipinski definition) is 2. The highest BCUT2D eigenvalue weighted by molar-refractivity contribution is 5.93. The van der Waals surface area contributed by atoms with Gasteiger partial charge in [0.2, 0.25) is 5.91 Å². The standard InChI is InChI=1S/C19H19N5O2/c1-11-15(13-4-6-14(26-3)7-5-13)17(8-20,9-21)18(10-22)12(2)19(11,23)24-16(18)25/h4-7,11-12,15H,23H2,1-3H3,(H,24,25)/t11-,12+,15+,18-,19+/m0/s1. The van der Waals surface area contributed by atoms with Crippen molar-refractivity contribution < 1.29 is 9.53 Å². The van der Waals surface area contributed by atoms with Crippen molar-refractivity contribution in [2.45, 2.75) is 25.4 Å². The molecule has 26 heavy (non-hydrogen) atoms. The predicted octanol–water partition coefficient (Wildman–Crippen LogP) is 1.39. The lowest BCUT2D eigenvalue weighted by atomic mass is 9.45. The van der Waals surface area contributed by atoms with Gasteiger partial charge in [0.05, 0.1) is 31.0 Å². The van der Waals surface area contributed by atoms with Gasteiger partial charge in [-0.25, -0.2) is 0 Å². The van der Waals surface area contributed by atoms with Crippen molar-refractivity contribution in [3.05, 3.63) is 29.8 Å². The summed E-state index contributed by atoms with van der Waals surface area (Å²) in [4.78, 5) is 12.8. The summed E-state index contributed by atoms with van der Waals surface area (Å²) < 4.78 is 5.16. The van der Waals surface area contributed by atoms with E-state index in [4.69, 9.17) is 10.5 Å². The first-order chi connectivity index (χ1) is 12.3. The van der Waals surface area contributed by atoms with Gasteiger partial charge in [-0.1, -0.05) is 26.0 Å². The van der Waals surface area contributed by atoms with E-state index in [2.05, 4.69) is 5.32 Å². The molecule has 1 aromatic carbocycles. The lowest BCUT2D eigenvalue weighted by Gasteiger charge is -2.52. The second kappa shape index (κ2) is 5.46. The fraction of sp³-hybridized carbons (Fsp3) is 0.474. The van der Waals surface area contributed by atoms with E-state index in [1.165, 1.54) is 7.11 Å². The Kier molecular flexibility index (Phi) is 3.72. The van der Waals surface area contributed by atoms with Crippen molar-refractivity contribution in [1.29, 1.82) is 15.8 Å². The predicted molar refractivity (Wildman–Crippen MR) is 90.8 cm³/mol. The molecule has 1 saturated heterocycles. The van der Waals surface area contributed by atoms with Crippen LogP contribution in [0.1, 0.15) is 25.3 Å². The van der Waals surface area contributed by atoms with Crippen LogP contribution in [0.25, 0.3) is 0 Å². The Bertz CT molecular complexity index is 876. The third kappa shape index (κ3) is 1.70. The molecule has 3 rings (SSSR count). The first kappa shape index (κ1) is 17.7. The molecule has 0 aromatic heterocycles. The van der Waals surface area contributed by atoms with Gasteiger partial charge in [-0.2, -0.15) is 15.8 Å². The Morgan fingerprint density at radius 1 is 1.12 bits per heavy atom. The van der Waals surface area contributed by atoms with Crippen LogP contribution in [0.2, 0.25) is 0 Å². The van der Waals surface area contributed by atoms with Crippen LogP contribution in [0.4, 0.5) is 0 Å². The molecule has 1 aromatic rings. The van der Waals surface area contributed by atoms with Crippen molar-refractivity contribution >= 4 is 5.91 Å². The summed E-state index contributed by atoms with van der Waals surface area (Å²) in [5, 5.41) is 32.8. The number of nitrogens with zero attached hydrogens (tertiary/aromatic N) is 3. The third-order valence-corrected chi connectivity index (χ3v) is 6.40. The van der Waals surface area contributed by atoms with Crippen molar-refractivity contribution in [2.75, 3.05) is 7.11 Å². The number of carbonyl (C=O) groups is 1. The molecular formula is C19H19N5O2. The number of hydrogen-bond acceptors (Lipinski definition) is 6. The fourth-order valence-electron chi connectivity index (χ4n) is 4.81. The molecular weight excluding hydrogens is 330 g/mol. The molecule has 0 unspecified atom stereocenters. The van der Waals surface area contributed by atoms with Crippen molar-refractivity contribution in [2.24, 2.45) is 28.4 Å². The van der Waals surface area contributed by atoms with E-state index < -0.39 is 40.2 Å². The summed E-state index contributed by atoms with van der Waals surface area (Å²) in [6.07, 6.45) is 0. The average Bonchev–Trinajstić information content (AvgIpc) is 2.83. The Labute approximate surface area is 152 Å². The number of methoxy groups -OCH3 is 1. The van der Waals surface area contributed by atoms with Crippen LogP contribution in [-0.2, 0) is 4.79 Å². The van der Waals surface area contributed by atoms with Gasteiger partial charge in [-0.15, -0.1) is 0 Å². The topological polar surface area (TPSA) is 136 Å². The normalized spacial score (nSPS) is 37.0. The van der Waals surface area contributed by atoms with E-state index in [-0.39, 0.29) is 0 Å². The largest absolute Gasteiger partial charge is 0.497 e. The second-order valence-electron chi connectivity index (χ2n) is 7.10. The summed E-state index contributed by atoms with van der Waals surface area (Å²) in [5.41, 5.74) is 2.30. The van der Waals surface area contributed by atoms with Crippen molar-refractivity contribution in [3.8, 4) is 24.0 Å². The molecule has 2 aliphatic rings. The first-order valence-corrected chi connectivity index (χ1v) is 8.28. The molecule has 2 fully saturated rings. The number of amides is 1. The van der Waals surface area contributed by atoms with Gasteiger partial charge < -0.3 is 15.8 Å². The van der Waals surface area contributed by atoms with Crippen LogP contribution in [0, 0.1) is 56.7 Å². The highest BCUT2D eigenvalue weighted by Crippen LogP contribution is 2.66. The summed E-state index contributed by atoms with van der Waals surface area (Å²) in [6, 6.07) is 13.0. The number of nitrogens with one attached hydrogen (secondary N) is 1. The fourth-order valence-corrected chi connectivity index (χ4v) is 4.81. The van der Waals surface area contributed by atoms with Crippen LogP contribution in [0.15, 0.2) is 24.3 Å². The number of fused-ring (bicyclic) bond motifs is 2. The lowest BCUT2D eigenvalue weighted by Crippen LogP contribution is -2.66. The maximum atomic E-state index is 12.8. The van der Waals surface area contributed by atoms with Gasteiger partial charge in [-0.05, 0) is 17.7 Å². The van der Waals surface area contributed by atoms with Crippen molar-refractivity contribution in [3.63, 3.8) is 0 Å². The zero-order chi connectivity index (χ0) is 19.3. The quantitative estimate of drug-likeness (QED) is 0.828. The Morgan fingerprint density at radius 2 is 1.69 bits per heavy atom. The summed E-state index contributed by atoms with van der Waals surface area (Å²) in [6.45, 7) is 3.47. The first-order valence-electron chi connectivity index (χ1n) is 8.28. The van der Waals surface area contributed by atoms with E-state index >= 15 is 0 Å². The molecule has 1 amide bonds. The minimum Gasteiger partial charge on any atom is -0.497 e. The zero-order valence-electron chi connectivity index (χ0n) is 14.8. The molecule has 132 valence electrons. The molecule has 0 spiro atoms. The number of carbonyl (C=O) groups excluding carboxylic acids is 1. The smallest absolute Gasteiger partial charge is 0.245 e. The number of ether oxygens (including phenoxy) is 1. The van der Waals surface area contributed by atoms with Crippen LogP contribution in [-0.4, -0.2) is 18.7 Å². The van der Waals surface area contributed by atoms with E-state index in [0.29, 0.717) is 11.3 Å². The molecule has 1 aliphatic carbocycles. The molecule has 7 nitrogen and oxygen atoms in total. The van der Waals surface area contributed by atoms with Gasteiger partial charge in [0, 0.05) is 17.8 Å². The highest BCUT2D eigenvalue weighted by atomic mass is 16.5. The SMILES string of the molecule is COc1ccc([C@H]2[C@H](C)[C@@]3(N)NC(=O)[C@](C#N)([C@H]3C)C2(C#N)C#N)cc1. The molecule has 1 heterocycles.